The van der Waals surface area contributed by atoms with Crippen LogP contribution in [-0.2, 0) is 19.6 Å². The third kappa shape index (κ3) is 2.75. The topological polar surface area (TPSA) is 75.7 Å². The molecular weight excluding hydrogens is 290 g/mol. The largest absolute Gasteiger partial charge is 0.487 e. The minimum absolute atomic E-state index is 0.463. The van der Waals surface area contributed by atoms with Crippen LogP contribution in [0.4, 0.5) is 5.82 Å². The van der Waals surface area contributed by atoms with E-state index in [0.717, 1.165) is 46.5 Å². The number of fused-ring (bicyclic) bond motifs is 2. The average molecular weight is 307 g/mol. The second-order valence-electron chi connectivity index (χ2n) is 5.51. The monoisotopic (exact) mass is 307 g/mol. The van der Waals surface area contributed by atoms with E-state index in [1.54, 1.807) is 6.20 Å². The molecule has 0 radical (unpaired) electrons. The van der Waals surface area contributed by atoms with Crippen molar-refractivity contribution in [1.29, 1.82) is 0 Å². The van der Waals surface area contributed by atoms with Gasteiger partial charge in [0.1, 0.15) is 29.8 Å². The highest BCUT2D eigenvalue weighted by Gasteiger charge is 2.19. The lowest BCUT2D eigenvalue weighted by Crippen LogP contribution is -2.11. The lowest BCUT2D eigenvalue weighted by atomic mass is 10.0. The molecule has 4 rings (SSSR count). The quantitative estimate of drug-likeness (QED) is 0.778. The molecule has 0 saturated carbocycles. The van der Waals surface area contributed by atoms with Gasteiger partial charge in [0, 0.05) is 24.4 Å². The maximum atomic E-state index is 5.90. The van der Waals surface area contributed by atoms with Crippen LogP contribution < -0.4 is 10.1 Å². The molecular formula is C17H17N5O. The van der Waals surface area contributed by atoms with Crippen LogP contribution >= 0.6 is 0 Å². The fraction of sp³-hybridized carbons (Fsp3) is 0.235. The maximum Gasteiger partial charge on any atom is 0.134 e. The summed E-state index contributed by atoms with van der Waals surface area (Å²) >= 11 is 0. The number of ether oxygens (including phenoxy) is 1. The number of nitrogens with one attached hydrogen (secondary N) is 2. The van der Waals surface area contributed by atoms with Crippen LogP contribution in [0.5, 0.6) is 5.75 Å². The molecule has 0 spiro atoms. The summed E-state index contributed by atoms with van der Waals surface area (Å²) in [5, 5.41) is 3.37. The highest BCUT2D eigenvalue weighted by atomic mass is 16.5. The lowest BCUT2D eigenvalue weighted by molar-refractivity contribution is 0.302. The second kappa shape index (κ2) is 5.72. The molecule has 0 unspecified atom stereocenters. The molecule has 1 aliphatic heterocycles. The summed E-state index contributed by atoms with van der Waals surface area (Å²) < 4.78 is 5.90. The predicted molar refractivity (Wildman–Crippen MR) is 86.3 cm³/mol. The van der Waals surface area contributed by atoms with E-state index >= 15 is 0 Å². The highest BCUT2D eigenvalue weighted by molar-refractivity contribution is 5.52. The van der Waals surface area contributed by atoms with Gasteiger partial charge in [0.15, 0.2) is 0 Å². The van der Waals surface area contributed by atoms with Crippen LogP contribution in [0.2, 0.25) is 0 Å². The molecule has 0 atom stereocenters. The first-order chi connectivity index (χ1) is 11.3. The summed E-state index contributed by atoms with van der Waals surface area (Å²) in [6.45, 7) is 2.96. The first-order valence-electron chi connectivity index (χ1n) is 7.59. The average Bonchev–Trinajstić information content (AvgIpc) is 3.00. The smallest absolute Gasteiger partial charge is 0.134 e. The number of hydrogen-bond donors (Lipinski definition) is 2. The van der Waals surface area contributed by atoms with Crippen molar-refractivity contribution >= 4 is 5.82 Å². The van der Waals surface area contributed by atoms with E-state index in [-0.39, 0.29) is 0 Å². The summed E-state index contributed by atoms with van der Waals surface area (Å²) in [5.41, 5.74) is 3.18. The summed E-state index contributed by atoms with van der Waals surface area (Å²) in [6, 6.07) is 8.10. The van der Waals surface area contributed by atoms with E-state index in [1.807, 2.05) is 31.3 Å². The Labute approximate surface area is 134 Å². The molecule has 3 heterocycles. The SMILES string of the molecule is Cc1nc2c(c(NCc3ncc[nH]3)n1)Cc1ccccc1OC2. The van der Waals surface area contributed by atoms with Gasteiger partial charge in [-0.3, -0.25) is 0 Å². The number of aromatic amines is 1. The Bertz CT molecular complexity index is 829. The van der Waals surface area contributed by atoms with Gasteiger partial charge in [-0.2, -0.15) is 0 Å². The number of anilines is 1. The van der Waals surface area contributed by atoms with Gasteiger partial charge in [-0.05, 0) is 18.6 Å². The van der Waals surface area contributed by atoms with E-state index in [2.05, 4.69) is 31.3 Å². The van der Waals surface area contributed by atoms with Gasteiger partial charge in [-0.1, -0.05) is 18.2 Å². The fourth-order valence-corrected chi connectivity index (χ4v) is 2.79. The number of hydrogen-bond acceptors (Lipinski definition) is 5. The van der Waals surface area contributed by atoms with Crippen LogP contribution in [0.1, 0.15) is 28.5 Å². The Kier molecular flexibility index (Phi) is 3.42. The molecule has 2 N–H and O–H groups in total. The Balaban J connectivity index is 1.69. The normalized spacial score (nSPS) is 12.7. The first kappa shape index (κ1) is 13.8. The summed E-state index contributed by atoms with van der Waals surface area (Å²) in [6.07, 6.45) is 4.31. The molecule has 6 heteroatoms. The van der Waals surface area contributed by atoms with Gasteiger partial charge in [0.05, 0.1) is 12.2 Å². The van der Waals surface area contributed by atoms with Gasteiger partial charge in [0.25, 0.3) is 0 Å². The molecule has 1 aliphatic rings. The number of aromatic nitrogens is 4. The third-order valence-corrected chi connectivity index (χ3v) is 3.89. The minimum Gasteiger partial charge on any atom is -0.487 e. The number of para-hydroxylation sites is 1. The van der Waals surface area contributed by atoms with Crippen LogP contribution in [0.3, 0.4) is 0 Å². The van der Waals surface area contributed by atoms with Gasteiger partial charge in [-0.15, -0.1) is 0 Å². The van der Waals surface area contributed by atoms with E-state index in [9.17, 15) is 0 Å². The number of benzene rings is 1. The van der Waals surface area contributed by atoms with Gasteiger partial charge in [-0.25, -0.2) is 15.0 Å². The number of aryl methyl sites for hydroxylation is 1. The predicted octanol–water partition coefficient (Wildman–Crippen LogP) is 2.60. The Hall–Kier alpha value is -2.89. The molecule has 0 aliphatic carbocycles. The molecule has 0 bridgehead atoms. The van der Waals surface area contributed by atoms with Gasteiger partial charge >= 0.3 is 0 Å². The molecule has 0 amide bonds. The number of H-pyrrole nitrogens is 1. The molecule has 0 fully saturated rings. The number of imidazole rings is 1. The summed E-state index contributed by atoms with van der Waals surface area (Å²) in [4.78, 5) is 16.5. The van der Waals surface area contributed by atoms with Crippen molar-refractivity contribution in [3.8, 4) is 5.75 Å². The maximum absolute atomic E-state index is 5.90. The van der Waals surface area contributed by atoms with E-state index < -0.39 is 0 Å². The molecule has 23 heavy (non-hydrogen) atoms. The summed E-state index contributed by atoms with van der Waals surface area (Å²) in [5.74, 6) is 3.38. The zero-order chi connectivity index (χ0) is 15.6. The molecule has 0 saturated heterocycles. The fourth-order valence-electron chi connectivity index (χ4n) is 2.79. The van der Waals surface area contributed by atoms with Crippen molar-refractivity contribution in [2.75, 3.05) is 5.32 Å². The van der Waals surface area contributed by atoms with E-state index in [4.69, 9.17) is 4.74 Å². The van der Waals surface area contributed by atoms with E-state index in [1.165, 1.54) is 0 Å². The zero-order valence-corrected chi connectivity index (χ0v) is 12.8. The Morgan fingerprint density at radius 3 is 3.04 bits per heavy atom. The Morgan fingerprint density at radius 1 is 1.26 bits per heavy atom. The molecule has 6 nitrogen and oxygen atoms in total. The van der Waals surface area contributed by atoms with Crippen LogP contribution in [0, 0.1) is 6.92 Å². The second-order valence-corrected chi connectivity index (χ2v) is 5.51. The standard InChI is InChI=1S/C17H17N5O/c1-11-21-14-10-23-15-5-3-2-4-12(15)8-13(14)17(22-11)20-9-16-18-6-7-19-16/h2-7H,8-10H2,1H3,(H,18,19)(H,20,21,22). The van der Waals surface area contributed by atoms with Crippen molar-refractivity contribution in [3.63, 3.8) is 0 Å². The highest BCUT2D eigenvalue weighted by Crippen LogP contribution is 2.30. The minimum atomic E-state index is 0.463. The van der Waals surface area contributed by atoms with Gasteiger partial charge in [0.2, 0.25) is 0 Å². The van der Waals surface area contributed by atoms with Crippen molar-refractivity contribution in [2.45, 2.75) is 26.5 Å². The lowest BCUT2D eigenvalue weighted by Gasteiger charge is -2.13. The van der Waals surface area contributed by atoms with Crippen LogP contribution in [-0.4, -0.2) is 19.9 Å². The zero-order valence-electron chi connectivity index (χ0n) is 12.8. The molecule has 116 valence electrons. The van der Waals surface area contributed by atoms with Gasteiger partial charge < -0.3 is 15.0 Å². The summed E-state index contributed by atoms with van der Waals surface area (Å²) in [7, 11) is 0. The number of rotatable bonds is 3. The van der Waals surface area contributed by atoms with E-state index in [0.29, 0.717) is 13.2 Å². The molecule has 3 aromatic rings. The van der Waals surface area contributed by atoms with Crippen molar-refractivity contribution < 1.29 is 4.74 Å². The van der Waals surface area contributed by atoms with Crippen molar-refractivity contribution in [2.24, 2.45) is 0 Å². The first-order valence-corrected chi connectivity index (χ1v) is 7.59. The van der Waals surface area contributed by atoms with Crippen molar-refractivity contribution in [1.82, 2.24) is 19.9 Å². The molecule has 2 aromatic heterocycles. The molecule has 1 aromatic carbocycles. The van der Waals surface area contributed by atoms with Crippen molar-refractivity contribution in [3.05, 3.63) is 65.1 Å². The van der Waals surface area contributed by atoms with Crippen LogP contribution in [0.15, 0.2) is 36.7 Å². The Morgan fingerprint density at radius 2 is 2.17 bits per heavy atom. The van der Waals surface area contributed by atoms with Crippen LogP contribution in [0.25, 0.3) is 0 Å². The third-order valence-electron chi connectivity index (χ3n) is 3.89. The number of nitrogens with zero attached hydrogens (tertiary/aromatic N) is 3.